The van der Waals surface area contributed by atoms with Crippen LogP contribution in [0.1, 0.15) is 5.56 Å². The van der Waals surface area contributed by atoms with Gasteiger partial charge < -0.3 is 0 Å². The highest BCUT2D eigenvalue weighted by atomic mass is 79.9. The first-order chi connectivity index (χ1) is 10.1. The van der Waals surface area contributed by atoms with Crippen molar-refractivity contribution >= 4 is 27.7 Å². The maximum absolute atomic E-state index is 13.8. The van der Waals surface area contributed by atoms with Gasteiger partial charge in [-0.3, -0.25) is 11.3 Å². The van der Waals surface area contributed by atoms with Crippen LogP contribution >= 0.6 is 27.7 Å². The maximum Gasteiger partial charge on any atom is 0.127 e. The molecule has 0 aromatic heterocycles. The molecule has 0 radical (unpaired) electrons. The van der Waals surface area contributed by atoms with Gasteiger partial charge in [-0.15, -0.1) is 11.8 Å². The molecule has 0 aliphatic rings. The molecule has 0 heterocycles. The van der Waals surface area contributed by atoms with Gasteiger partial charge in [0, 0.05) is 21.2 Å². The van der Waals surface area contributed by atoms with Crippen LogP contribution in [0.25, 0.3) is 0 Å². The molecule has 0 spiro atoms. The molecule has 21 heavy (non-hydrogen) atoms. The van der Waals surface area contributed by atoms with Crippen molar-refractivity contribution in [2.45, 2.75) is 17.4 Å². The van der Waals surface area contributed by atoms with Crippen LogP contribution in [0.3, 0.4) is 0 Å². The SMILES string of the molecule is NNC(CSc1ccc(F)cc1)Cc1ccc(Br)cc1F. The smallest absolute Gasteiger partial charge is 0.127 e. The number of benzene rings is 2. The number of hydrogen-bond acceptors (Lipinski definition) is 3. The molecule has 0 saturated heterocycles. The van der Waals surface area contributed by atoms with E-state index in [4.69, 9.17) is 5.84 Å². The van der Waals surface area contributed by atoms with Gasteiger partial charge in [-0.05, 0) is 48.4 Å². The average Bonchev–Trinajstić information content (AvgIpc) is 2.47. The van der Waals surface area contributed by atoms with E-state index in [9.17, 15) is 8.78 Å². The van der Waals surface area contributed by atoms with Gasteiger partial charge in [-0.2, -0.15) is 0 Å². The lowest BCUT2D eigenvalue weighted by Gasteiger charge is -2.16. The van der Waals surface area contributed by atoms with Crippen LogP contribution in [-0.4, -0.2) is 11.8 Å². The molecule has 0 aliphatic heterocycles. The summed E-state index contributed by atoms with van der Waals surface area (Å²) in [6.07, 6.45) is 0.490. The van der Waals surface area contributed by atoms with Crippen molar-refractivity contribution in [3.63, 3.8) is 0 Å². The second-order valence-electron chi connectivity index (χ2n) is 4.57. The molecular weight excluding hydrogens is 358 g/mol. The van der Waals surface area contributed by atoms with Crippen molar-refractivity contribution in [2.75, 3.05) is 5.75 Å². The van der Waals surface area contributed by atoms with Gasteiger partial charge in [0.2, 0.25) is 0 Å². The molecule has 2 aromatic rings. The van der Waals surface area contributed by atoms with Gasteiger partial charge in [0.05, 0.1) is 0 Å². The molecular formula is C15H15BrF2N2S. The highest BCUT2D eigenvalue weighted by Gasteiger charge is 2.12. The van der Waals surface area contributed by atoms with E-state index in [1.807, 2.05) is 0 Å². The Morgan fingerprint density at radius 3 is 2.48 bits per heavy atom. The Morgan fingerprint density at radius 1 is 1.14 bits per heavy atom. The Labute approximate surface area is 135 Å². The predicted octanol–water partition coefficient (Wildman–Crippen LogP) is 3.89. The molecule has 1 unspecified atom stereocenters. The molecule has 0 fully saturated rings. The molecule has 0 amide bonds. The van der Waals surface area contributed by atoms with E-state index < -0.39 is 0 Å². The zero-order valence-corrected chi connectivity index (χ0v) is 13.6. The van der Waals surface area contributed by atoms with E-state index in [0.29, 0.717) is 22.2 Å². The molecule has 2 nitrogen and oxygen atoms in total. The third kappa shape index (κ3) is 5.07. The summed E-state index contributed by atoms with van der Waals surface area (Å²) in [7, 11) is 0. The first-order valence-electron chi connectivity index (χ1n) is 6.37. The lowest BCUT2D eigenvalue weighted by molar-refractivity contribution is 0.546. The fourth-order valence-corrected chi connectivity index (χ4v) is 3.12. The molecule has 2 rings (SSSR count). The average molecular weight is 373 g/mol. The fraction of sp³-hybridized carbons (Fsp3) is 0.200. The third-order valence-corrected chi connectivity index (χ3v) is 4.65. The van der Waals surface area contributed by atoms with Gasteiger partial charge in [0.1, 0.15) is 11.6 Å². The highest BCUT2D eigenvalue weighted by molar-refractivity contribution is 9.10. The standard InChI is InChI=1S/C15H15BrF2N2S/c16-11-2-1-10(15(18)8-11)7-13(20-19)9-21-14-5-3-12(17)4-6-14/h1-6,8,13,20H,7,9,19H2. The number of halogens is 3. The first-order valence-corrected chi connectivity index (χ1v) is 8.15. The van der Waals surface area contributed by atoms with Crippen molar-refractivity contribution in [3.05, 3.63) is 64.1 Å². The van der Waals surface area contributed by atoms with Crippen molar-refractivity contribution in [3.8, 4) is 0 Å². The Bertz CT molecular complexity index is 593. The van der Waals surface area contributed by atoms with Crippen LogP contribution in [0, 0.1) is 11.6 Å². The number of thioether (sulfide) groups is 1. The summed E-state index contributed by atoms with van der Waals surface area (Å²) in [5.41, 5.74) is 3.31. The lowest BCUT2D eigenvalue weighted by atomic mass is 10.1. The summed E-state index contributed by atoms with van der Waals surface area (Å²) < 4.78 is 27.3. The van der Waals surface area contributed by atoms with Gasteiger partial charge in [0.25, 0.3) is 0 Å². The quantitative estimate of drug-likeness (QED) is 0.458. The van der Waals surface area contributed by atoms with Crippen LogP contribution in [0.2, 0.25) is 0 Å². The molecule has 2 aromatic carbocycles. The summed E-state index contributed by atoms with van der Waals surface area (Å²) in [6.45, 7) is 0. The maximum atomic E-state index is 13.8. The largest absolute Gasteiger partial charge is 0.271 e. The van der Waals surface area contributed by atoms with Crippen molar-refractivity contribution < 1.29 is 8.78 Å². The number of rotatable bonds is 6. The van der Waals surface area contributed by atoms with Crippen molar-refractivity contribution in [1.29, 1.82) is 0 Å². The monoisotopic (exact) mass is 372 g/mol. The van der Waals surface area contributed by atoms with Crippen molar-refractivity contribution in [2.24, 2.45) is 5.84 Å². The molecule has 1 atom stereocenters. The number of hydrazine groups is 1. The van der Waals surface area contributed by atoms with Gasteiger partial charge in [-0.1, -0.05) is 22.0 Å². The second-order valence-corrected chi connectivity index (χ2v) is 6.58. The minimum absolute atomic E-state index is 0.0734. The Hall–Kier alpha value is -0.950. The fourth-order valence-electron chi connectivity index (χ4n) is 1.85. The van der Waals surface area contributed by atoms with Gasteiger partial charge in [0.15, 0.2) is 0 Å². The molecule has 0 saturated carbocycles. The Balaban J connectivity index is 1.95. The molecule has 0 bridgehead atoms. The highest BCUT2D eigenvalue weighted by Crippen LogP contribution is 2.21. The normalized spacial score (nSPS) is 12.4. The van der Waals surface area contributed by atoms with E-state index in [0.717, 1.165) is 4.90 Å². The minimum atomic E-state index is -0.259. The minimum Gasteiger partial charge on any atom is -0.271 e. The van der Waals surface area contributed by atoms with Gasteiger partial charge in [-0.25, -0.2) is 8.78 Å². The van der Waals surface area contributed by atoms with Crippen LogP contribution < -0.4 is 11.3 Å². The summed E-state index contributed by atoms with van der Waals surface area (Å²) in [5.74, 6) is 5.69. The molecule has 3 N–H and O–H groups in total. The van der Waals surface area contributed by atoms with E-state index in [1.165, 1.54) is 18.2 Å². The zero-order valence-electron chi connectivity index (χ0n) is 11.2. The predicted molar refractivity (Wildman–Crippen MR) is 86.0 cm³/mol. The molecule has 112 valence electrons. The zero-order chi connectivity index (χ0) is 15.2. The Morgan fingerprint density at radius 2 is 1.86 bits per heavy atom. The van der Waals surface area contributed by atoms with Crippen LogP contribution in [0.15, 0.2) is 51.8 Å². The molecule has 6 heteroatoms. The van der Waals surface area contributed by atoms with Crippen LogP contribution in [0.5, 0.6) is 0 Å². The van der Waals surface area contributed by atoms with Crippen molar-refractivity contribution in [1.82, 2.24) is 5.43 Å². The van der Waals surface area contributed by atoms with Crippen LogP contribution in [-0.2, 0) is 6.42 Å². The number of nitrogens with two attached hydrogens (primary N) is 1. The third-order valence-electron chi connectivity index (χ3n) is 2.98. The van der Waals surface area contributed by atoms with E-state index in [2.05, 4.69) is 21.4 Å². The topological polar surface area (TPSA) is 38.0 Å². The summed E-state index contributed by atoms with van der Waals surface area (Å²) in [5, 5.41) is 0. The Kier molecular flexibility index (Phi) is 6.17. The second kappa shape index (κ2) is 7.89. The lowest BCUT2D eigenvalue weighted by Crippen LogP contribution is -2.38. The summed E-state index contributed by atoms with van der Waals surface area (Å²) in [4.78, 5) is 0.952. The first kappa shape index (κ1) is 16.4. The van der Waals surface area contributed by atoms with Crippen LogP contribution in [0.4, 0.5) is 8.78 Å². The number of hydrogen-bond donors (Lipinski definition) is 2. The van der Waals surface area contributed by atoms with Gasteiger partial charge >= 0.3 is 0 Å². The van der Waals surface area contributed by atoms with E-state index >= 15 is 0 Å². The summed E-state index contributed by atoms with van der Waals surface area (Å²) in [6, 6.07) is 11.2. The van der Waals surface area contributed by atoms with E-state index in [1.54, 1.807) is 36.0 Å². The number of nitrogens with one attached hydrogen (secondary N) is 1. The molecule has 0 aliphatic carbocycles. The summed E-state index contributed by atoms with van der Waals surface area (Å²) >= 11 is 4.78. The van der Waals surface area contributed by atoms with E-state index in [-0.39, 0.29) is 17.7 Å².